The highest BCUT2D eigenvalue weighted by Crippen LogP contribution is 2.31. The molecule has 0 saturated heterocycles. The molecule has 1 atom stereocenters. The lowest BCUT2D eigenvalue weighted by Gasteiger charge is -2.23. The molecule has 3 aromatic carbocycles. The standard InChI is InChI=1S/C22H21ClN4O2/c23-17-11-12-18(19(13-17)26-22(29)16-9-5-2-6-10-16)21(25-14-20(28)27-24)15-7-3-1-4-8-15/h1-13,21,25H,14,24H2,(H,26,29)(H,27,28). The molecule has 0 radical (unpaired) electrons. The summed E-state index contributed by atoms with van der Waals surface area (Å²) in [7, 11) is 0. The molecule has 0 heterocycles. The van der Waals surface area contributed by atoms with E-state index in [0.717, 1.165) is 11.1 Å². The van der Waals surface area contributed by atoms with Crippen LogP contribution in [0.3, 0.4) is 0 Å². The van der Waals surface area contributed by atoms with Crippen LogP contribution in [0.4, 0.5) is 5.69 Å². The molecule has 0 aromatic heterocycles. The second-order valence-corrected chi connectivity index (χ2v) is 6.78. The van der Waals surface area contributed by atoms with E-state index >= 15 is 0 Å². The van der Waals surface area contributed by atoms with Crippen LogP contribution >= 0.6 is 11.6 Å². The summed E-state index contributed by atoms with van der Waals surface area (Å²) in [5.74, 6) is 4.60. The molecule has 0 aliphatic heterocycles. The molecule has 3 rings (SSSR count). The lowest BCUT2D eigenvalue weighted by molar-refractivity contribution is -0.120. The number of hydrogen-bond donors (Lipinski definition) is 4. The summed E-state index contributed by atoms with van der Waals surface area (Å²) >= 11 is 6.19. The first-order valence-electron chi connectivity index (χ1n) is 9.02. The Morgan fingerprint density at radius 3 is 2.24 bits per heavy atom. The van der Waals surface area contributed by atoms with Crippen LogP contribution in [0.15, 0.2) is 78.9 Å². The molecule has 6 nitrogen and oxygen atoms in total. The molecule has 1 unspecified atom stereocenters. The topological polar surface area (TPSA) is 96.2 Å². The number of benzene rings is 3. The second-order valence-electron chi connectivity index (χ2n) is 6.34. The fourth-order valence-electron chi connectivity index (χ4n) is 2.97. The van der Waals surface area contributed by atoms with E-state index in [1.807, 2.05) is 42.5 Å². The minimum Gasteiger partial charge on any atom is -0.322 e. The Labute approximate surface area is 174 Å². The van der Waals surface area contributed by atoms with Crippen molar-refractivity contribution in [1.29, 1.82) is 0 Å². The van der Waals surface area contributed by atoms with Crippen LogP contribution in [-0.2, 0) is 4.79 Å². The Morgan fingerprint density at radius 2 is 1.59 bits per heavy atom. The third-order valence-corrected chi connectivity index (χ3v) is 4.61. The van der Waals surface area contributed by atoms with E-state index in [4.69, 9.17) is 17.4 Å². The van der Waals surface area contributed by atoms with E-state index in [-0.39, 0.29) is 24.4 Å². The largest absolute Gasteiger partial charge is 0.322 e. The van der Waals surface area contributed by atoms with Gasteiger partial charge in [-0.05, 0) is 35.4 Å². The maximum atomic E-state index is 12.7. The van der Waals surface area contributed by atoms with Crippen LogP contribution in [0.2, 0.25) is 5.02 Å². The summed E-state index contributed by atoms with van der Waals surface area (Å²) in [5.41, 5.74) is 4.90. The first kappa shape index (κ1) is 20.5. The molecule has 3 aromatic rings. The Morgan fingerprint density at radius 1 is 0.931 bits per heavy atom. The highest BCUT2D eigenvalue weighted by Gasteiger charge is 2.20. The van der Waals surface area contributed by atoms with Crippen molar-refractivity contribution in [1.82, 2.24) is 10.7 Å². The number of rotatable bonds is 7. The summed E-state index contributed by atoms with van der Waals surface area (Å²) in [6.07, 6.45) is 0. The van der Waals surface area contributed by atoms with Crippen LogP contribution in [0.25, 0.3) is 0 Å². The SMILES string of the molecule is NNC(=O)CNC(c1ccccc1)c1ccc(Cl)cc1NC(=O)c1ccccc1. The second kappa shape index (κ2) is 9.84. The van der Waals surface area contributed by atoms with Crippen LogP contribution in [-0.4, -0.2) is 18.4 Å². The van der Waals surface area contributed by atoms with E-state index in [1.54, 1.807) is 36.4 Å². The smallest absolute Gasteiger partial charge is 0.255 e. The molecular formula is C22H21ClN4O2. The van der Waals surface area contributed by atoms with E-state index in [9.17, 15) is 9.59 Å². The van der Waals surface area contributed by atoms with Crippen molar-refractivity contribution in [2.45, 2.75) is 6.04 Å². The molecule has 29 heavy (non-hydrogen) atoms. The zero-order chi connectivity index (χ0) is 20.6. The van der Waals surface area contributed by atoms with Crippen molar-refractivity contribution in [3.05, 3.63) is 101 Å². The number of hydrazine groups is 1. The van der Waals surface area contributed by atoms with Crippen LogP contribution < -0.4 is 21.9 Å². The summed E-state index contributed by atoms with van der Waals surface area (Å²) in [6, 6.07) is 23.4. The number of anilines is 1. The number of amides is 2. The Bertz CT molecular complexity index is 981. The van der Waals surface area contributed by atoms with Gasteiger partial charge in [0.25, 0.3) is 5.91 Å². The fraction of sp³-hybridized carbons (Fsp3) is 0.0909. The number of carbonyl (C=O) groups is 2. The van der Waals surface area contributed by atoms with Gasteiger partial charge in [0.15, 0.2) is 0 Å². The third kappa shape index (κ3) is 5.42. The number of carbonyl (C=O) groups excluding carboxylic acids is 2. The van der Waals surface area contributed by atoms with E-state index in [1.165, 1.54) is 0 Å². The minimum absolute atomic E-state index is 0.00472. The maximum absolute atomic E-state index is 12.7. The van der Waals surface area contributed by atoms with Gasteiger partial charge < -0.3 is 5.32 Å². The normalized spacial score (nSPS) is 11.5. The Kier molecular flexibility index (Phi) is 6.97. The number of nitrogens with one attached hydrogen (secondary N) is 3. The molecule has 0 fully saturated rings. The molecule has 0 aliphatic carbocycles. The van der Waals surface area contributed by atoms with Crippen LogP contribution in [0.5, 0.6) is 0 Å². The van der Waals surface area contributed by atoms with Gasteiger partial charge >= 0.3 is 0 Å². The van der Waals surface area contributed by atoms with Gasteiger partial charge in [-0.15, -0.1) is 0 Å². The van der Waals surface area contributed by atoms with Gasteiger partial charge in [-0.25, -0.2) is 5.84 Å². The van der Waals surface area contributed by atoms with Gasteiger partial charge in [-0.3, -0.25) is 20.3 Å². The average molecular weight is 409 g/mol. The van der Waals surface area contributed by atoms with Gasteiger partial charge in [0.05, 0.1) is 12.6 Å². The first-order chi connectivity index (χ1) is 14.1. The van der Waals surface area contributed by atoms with Gasteiger partial charge in [0, 0.05) is 16.3 Å². The van der Waals surface area contributed by atoms with E-state index < -0.39 is 0 Å². The number of nitrogens with two attached hydrogens (primary N) is 1. The van der Waals surface area contributed by atoms with Gasteiger partial charge in [0.2, 0.25) is 5.91 Å². The lowest BCUT2D eigenvalue weighted by Crippen LogP contribution is -2.39. The van der Waals surface area contributed by atoms with E-state index in [2.05, 4.69) is 16.1 Å². The predicted molar refractivity (Wildman–Crippen MR) is 114 cm³/mol. The maximum Gasteiger partial charge on any atom is 0.255 e. The fourth-order valence-corrected chi connectivity index (χ4v) is 3.14. The monoisotopic (exact) mass is 408 g/mol. The molecular weight excluding hydrogens is 388 g/mol. The van der Waals surface area contributed by atoms with Crippen molar-refractivity contribution >= 4 is 29.1 Å². The summed E-state index contributed by atoms with van der Waals surface area (Å²) < 4.78 is 0. The van der Waals surface area contributed by atoms with Gasteiger partial charge in [0.1, 0.15) is 0 Å². The molecule has 0 saturated carbocycles. The lowest BCUT2D eigenvalue weighted by atomic mass is 9.96. The molecule has 5 N–H and O–H groups in total. The molecule has 0 spiro atoms. The highest BCUT2D eigenvalue weighted by atomic mass is 35.5. The van der Waals surface area contributed by atoms with Crippen LogP contribution in [0.1, 0.15) is 27.5 Å². The molecule has 2 amide bonds. The molecule has 0 aliphatic rings. The quantitative estimate of drug-likeness (QED) is 0.274. The van der Waals surface area contributed by atoms with E-state index in [0.29, 0.717) is 16.3 Å². The third-order valence-electron chi connectivity index (χ3n) is 4.37. The minimum atomic E-state index is -0.364. The van der Waals surface area contributed by atoms with Crippen molar-refractivity contribution in [3.63, 3.8) is 0 Å². The summed E-state index contributed by atoms with van der Waals surface area (Å²) in [4.78, 5) is 24.4. The molecule has 7 heteroatoms. The zero-order valence-electron chi connectivity index (χ0n) is 15.6. The van der Waals surface area contributed by atoms with Gasteiger partial charge in [-0.2, -0.15) is 0 Å². The zero-order valence-corrected chi connectivity index (χ0v) is 16.3. The number of hydrogen-bond acceptors (Lipinski definition) is 4. The average Bonchev–Trinajstić information content (AvgIpc) is 2.76. The predicted octanol–water partition coefficient (Wildman–Crippen LogP) is 3.26. The van der Waals surface area contributed by atoms with Crippen molar-refractivity contribution < 1.29 is 9.59 Å². The summed E-state index contributed by atoms with van der Waals surface area (Å²) in [5, 5.41) is 6.61. The number of halogens is 1. The Balaban J connectivity index is 1.97. The highest BCUT2D eigenvalue weighted by molar-refractivity contribution is 6.31. The van der Waals surface area contributed by atoms with Crippen molar-refractivity contribution in [2.75, 3.05) is 11.9 Å². The van der Waals surface area contributed by atoms with Crippen molar-refractivity contribution in [2.24, 2.45) is 5.84 Å². The molecule has 148 valence electrons. The molecule has 0 bridgehead atoms. The first-order valence-corrected chi connectivity index (χ1v) is 9.40. The van der Waals surface area contributed by atoms with Gasteiger partial charge in [-0.1, -0.05) is 66.2 Å². The Hall–Kier alpha value is -3.19. The summed E-state index contributed by atoms with van der Waals surface area (Å²) in [6.45, 7) is 0.00472. The van der Waals surface area contributed by atoms with Crippen molar-refractivity contribution in [3.8, 4) is 0 Å². The van der Waals surface area contributed by atoms with Crippen LogP contribution in [0, 0.1) is 0 Å².